The van der Waals surface area contributed by atoms with Crippen molar-refractivity contribution in [3.63, 3.8) is 0 Å². The Labute approximate surface area is 114 Å². The zero-order chi connectivity index (χ0) is 13.8. The normalized spacial score (nSPS) is 10.7. The van der Waals surface area contributed by atoms with E-state index in [9.17, 15) is 8.78 Å². The van der Waals surface area contributed by atoms with Gasteiger partial charge < -0.3 is 5.73 Å². The minimum atomic E-state index is -0.874. The highest BCUT2D eigenvalue weighted by Gasteiger charge is 2.07. The first-order valence-corrected chi connectivity index (χ1v) is 6.66. The third-order valence-electron chi connectivity index (χ3n) is 2.36. The fourth-order valence-electron chi connectivity index (χ4n) is 1.54. The second-order valence-corrected chi connectivity index (χ2v) is 5.07. The van der Waals surface area contributed by atoms with Crippen LogP contribution in [0.15, 0.2) is 34.2 Å². The van der Waals surface area contributed by atoms with Crippen molar-refractivity contribution in [1.82, 2.24) is 9.97 Å². The molecule has 0 aliphatic rings. The molecule has 1 aromatic heterocycles. The van der Waals surface area contributed by atoms with E-state index in [0.717, 1.165) is 25.0 Å². The van der Waals surface area contributed by atoms with Crippen LogP contribution in [0.3, 0.4) is 0 Å². The smallest absolute Gasteiger partial charge is 0.159 e. The van der Waals surface area contributed by atoms with Gasteiger partial charge in [-0.15, -0.1) is 0 Å². The summed E-state index contributed by atoms with van der Waals surface area (Å²) in [4.78, 5) is 9.01. The summed E-state index contributed by atoms with van der Waals surface area (Å²) in [6, 6.07) is 5.35. The van der Waals surface area contributed by atoms with Crippen LogP contribution in [0, 0.1) is 11.6 Å². The van der Waals surface area contributed by atoms with Crippen LogP contribution >= 0.6 is 11.8 Å². The largest absolute Gasteiger partial charge is 0.384 e. The van der Waals surface area contributed by atoms with Crippen LogP contribution in [-0.4, -0.2) is 9.97 Å². The summed E-state index contributed by atoms with van der Waals surface area (Å²) in [5, 5.41) is 0.627. The van der Waals surface area contributed by atoms with Gasteiger partial charge in [0.2, 0.25) is 0 Å². The van der Waals surface area contributed by atoms with Gasteiger partial charge in [-0.1, -0.05) is 18.7 Å². The Morgan fingerprint density at radius 3 is 2.63 bits per heavy atom. The summed E-state index contributed by atoms with van der Waals surface area (Å²) in [5.74, 6) is -0.699. The topological polar surface area (TPSA) is 51.8 Å². The molecular formula is C13H13F2N3S. The van der Waals surface area contributed by atoms with Crippen LogP contribution in [0.5, 0.6) is 0 Å². The van der Waals surface area contributed by atoms with E-state index in [1.165, 1.54) is 17.8 Å². The zero-order valence-corrected chi connectivity index (χ0v) is 11.2. The summed E-state index contributed by atoms with van der Waals surface area (Å²) in [5.41, 5.74) is 5.70. The lowest BCUT2D eigenvalue weighted by molar-refractivity contribution is 0.506. The zero-order valence-electron chi connectivity index (χ0n) is 10.4. The minimum Gasteiger partial charge on any atom is -0.384 e. The molecule has 19 heavy (non-hydrogen) atoms. The molecule has 2 rings (SSSR count). The molecule has 0 saturated carbocycles. The van der Waals surface area contributed by atoms with Crippen molar-refractivity contribution in [2.45, 2.75) is 29.7 Å². The van der Waals surface area contributed by atoms with Crippen LogP contribution < -0.4 is 5.73 Å². The molecule has 3 nitrogen and oxygen atoms in total. The number of aromatic nitrogens is 2. The van der Waals surface area contributed by atoms with Crippen molar-refractivity contribution >= 4 is 17.6 Å². The van der Waals surface area contributed by atoms with Gasteiger partial charge in [0.25, 0.3) is 0 Å². The lowest BCUT2D eigenvalue weighted by Gasteiger charge is -2.05. The second kappa shape index (κ2) is 5.97. The number of hydrogen-bond donors (Lipinski definition) is 1. The number of rotatable bonds is 4. The molecule has 0 fully saturated rings. The van der Waals surface area contributed by atoms with Gasteiger partial charge in [0.1, 0.15) is 16.7 Å². The summed E-state index contributed by atoms with van der Waals surface area (Å²) >= 11 is 1.23. The van der Waals surface area contributed by atoms with Gasteiger partial charge in [0.05, 0.1) is 0 Å². The molecule has 1 aromatic carbocycles. The van der Waals surface area contributed by atoms with Gasteiger partial charge in [0, 0.05) is 17.4 Å². The molecular weight excluding hydrogens is 268 g/mol. The summed E-state index contributed by atoms with van der Waals surface area (Å²) < 4.78 is 26.0. The first kappa shape index (κ1) is 13.7. The van der Waals surface area contributed by atoms with Crippen molar-refractivity contribution in [2.24, 2.45) is 0 Å². The molecule has 0 saturated heterocycles. The van der Waals surface area contributed by atoms with Crippen LogP contribution in [-0.2, 0) is 6.42 Å². The Kier molecular flexibility index (Phi) is 4.31. The summed E-state index contributed by atoms with van der Waals surface area (Å²) in [6.07, 6.45) is 1.65. The molecule has 0 radical (unpaired) electrons. The number of halogens is 2. The standard InChI is InChI=1S/C13H13F2N3S/c1-2-3-12-17-11(16)7-13(18-12)19-8-4-5-9(14)10(15)6-8/h4-7H,2-3H2,1H3,(H2,16,17,18). The predicted octanol–water partition coefficient (Wildman–Crippen LogP) is 3.44. The van der Waals surface area contributed by atoms with E-state index in [1.54, 1.807) is 6.07 Å². The number of nitrogen functional groups attached to an aromatic ring is 1. The Hall–Kier alpha value is -1.69. The third-order valence-corrected chi connectivity index (χ3v) is 3.26. The van der Waals surface area contributed by atoms with Gasteiger partial charge in [-0.25, -0.2) is 18.7 Å². The maximum atomic E-state index is 13.1. The van der Waals surface area contributed by atoms with Gasteiger partial charge in [-0.3, -0.25) is 0 Å². The number of nitrogens with two attached hydrogens (primary N) is 1. The Morgan fingerprint density at radius 2 is 1.95 bits per heavy atom. The third kappa shape index (κ3) is 3.64. The Morgan fingerprint density at radius 1 is 1.16 bits per heavy atom. The molecule has 2 aromatic rings. The summed E-state index contributed by atoms with van der Waals surface area (Å²) in [7, 11) is 0. The van der Waals surface area contributed by atoms with Crippen LogP contribution in [0.4, 0.5) is 14.6 Å². The van der Waals surface area contributed by atoms with E-state index >= 15 is 0 Å². The SMILES string of the molecule is CCCc1nc(N)cc(Sc2ccc(F)c(F)c2)n1. The number of benzene rings is 1. The van der Waals surface area contributed by atoms with Crippen LogP contribution in [0.2, 0.25) is 0 Å². The molecule has 0 aliphatic carbocycles. The van der Waals surface area contributed by atoms with E-state index in [-0.39, 0.29) is 0 Å². The first-order chi connectivity index (χ1) is 9.08. The van der Waals surface area contributed by atoms with Gasteiger partial charge in [0.15, 0.2) is 11.6 Å². The van der Waals surface area contributed by atoms with E-state index in [4.69, 9.17) is 5.73 Å². The molecule has 0 aliphatic heterocycles. The van der Waals surface area contributed by atoms with E-state index in [2.05, 4.69) is 9.97 Å². The van der Waals surface area contributed by atoms with Crippen molar-refractivity contribution in [1.29, 1.82) is 0 Å². The highest BCUT2D eigenvalue weighted by atomic mass is 32.2. The lowest BCUT2D eigenvalue weighted by Crippen LogP contribution is -2.00. The average molecular weight is 281 g/mol. The maximum Gasteiger partial charge on any atom is 0.159 e. The fourth-order valence-corrected chi connectivity index (χ4v) is 2.41. The molecule has 0 unspecified atom stereocenters. The molecule has 0 spiro atoms. The highest BCUT2D eigenvalue weighted by Crippen LogP contribution is 2.28. The monoisotopic (exact) mass is 281 g/mol. The van der Waals surface area contributed by atoms with Crippen molar-refractivity contribution in [3.05, 3.63) is 41.7 Å². The molecule has 2 N–H and O–H groups in total. The molecule has 1 heterocycles. The fraction of sp³-hybridized carbons (Fsp3) is 0.231. The molecule has 0 amide bonds. The Bertz CT molecular complexity index is 590. The van der Waals surface area contributed by atoms with Gasteiger partial charge >= 0.3 is 0 Å². The number of hydrogen-bond acceptors (Lipinski definition) is 4. The summed E-state index contributed by atoms with van der Waals surface area (Å²) in [6.45, 7) is 2.02. The molecule has 6 heteroatoms. The van der Waals surface area contributed by atoms with Crippen molar-refractivity contribution in [3.8, 4) is 0 Å². The number of nitrogens with zero attached hydrogens (tertiary/aromatic N) is 2. The second-order valence-electron chi connectivity index (χ2n) is 3.98. The van der Waals surface area contributed by atoms with Gasteiger partial charge in [-0.2, -0.15) is 0 Å². The molecule has 0 bridgehead atoms. The minimum absolute atomic E-state index is 0.378. The number of anilines is 1. The number of aryl methyl sites for hydroxylation is 1. The van der Waals surface area contributed by atoms with E-state index in [1.807, 2.05) is 6.92 Å². The Balaban J connectivity index is 2.24. The first-order valence-electron chi connectivity index (χ1n) is 5.85. The highest BCUT2D eigenvalue weighted by molar-refractivity contribution is 7.99. The quantitative estimate of drug-likeness (QED) is 0.872. The maximum absolute atomic E-state index is 13.1. The van der Waals surface area contributed by atoms with Crippen molar-refractivity contribution in [2.75, 3.05) is 5.73 Å². The predicted molar refractivity (Wildman–Crippen MR) is 70.9 cm³/mol. The van der Waals surface area contributed by atoms with Crippen LogP contribution in [0.1, 0.15) is 19.2 Å². The molecule has 100 valence electrons. The average Bonchev–Trinajstić information content (AvgIpc) is 2.33. The van der Waals surface area contributed by atoms with Gasteiger partial charge in [-0.05, 0) is 24.6 Å². The van der Waals surface area contributed by atoms with Crippen LogP contribution in [0.25, 0.3) is 0 Å². The van der Waals surface area contributed by atoms with E-state index in [0.29, 0.717) is 21.6 Å². The van der Waals surface area contributed by atoms with Crippen molar-refractivity contribution < 1.29 is 8.78 Å². The molecule has 0 atom stereocenters. The lowest BCUT2D eigenvalue weighted by atomic mass is 10.3. The van der Waals surface area contributed by atoms with E-state index < -0.39 is 11.6 Å².